The fourth-order valence-electron chi connectivity index (χ4n) is 2.95. The molecule has 0 aliphatic rings. The van der Waals surface area contributed by atoms with Gasteiger partial charge in [0.1, 0.15) is 17.1 Å². The van der Waals surface area contributed by atoms with E-state index in [4.69, 9.17) is 9.47 Å². The molecule has 1 N–H and O–H groups in total. The summed E-state index contributed by atoms with van der Waals surface area (Å²) in [6.45, 7) is 5.60. The van der Waals surface area contributed by atoms with Crippen molar-refractivity contribution in [3.63, 3.8) is 0 Å². The van der Waals surface area contributed by atoms with E-state index in [1.165, 1.54) is 5.56 Å². The smallest absolute Gasteiger partial charge is 0.342 e. The molecule has 0 saturated carbocycles. The molecule has 0 aliphatic carbocycles. The van der Waals surface area contributed by atoms with Crippen molar-refractivity contribution in [1.82, 2.24) is 5.32 Å². The number of hydrogen-bond acceptors (Lipinski definition) is 4. The molecular weight excluding hydrogens is 378 g/mol. The first kappa shape index (κ1) is 21.1. The second-order valence-electron chi connectivity index (χ2n) is 7.12. The molecule has 0 heterocycles. The minimum atomic E-state index is -0.615. The molecule has 0 unspecified atom stereocenters. The molecule has 5 heteroatoms. The van der Waals surface area contributed by atoms with Gasteiger partial charge in [-0.3, -0.25) is 4.79 Å². The number of esters is 1. The Balaban J connectivity index is 1.59. The summed E-state index contributed by atoms with van der Waals surface area (Å²) in [5.74, 6) is 0.00127. The molecule has 0 aliphatic heterocycles. The summed E-state index contributed by atoms with van der Waals surface area (Å²) in [5, 5.41) is 2.86. The Morgan fingerprint density at radius 3 is 2.33 bits per heavy atom. The van der Waals surface area contributed by atoms with Crippen LogP contribution in [0.5, 0.6) is 11.5 Å². The molecule has 0 spiro atoms. The molecule has 3 rings (SSSR count). The number of carbonyl (C=O) groups is 2. The van der Waals surface area contributed by atoms with E-state index < -0.39 is 5.97 Å². The van der Waals surface area contributed by atoms with Crippen molar-refractivity contribution in [2.24, 2.45) is 0 Å². The van der Waals surface area contributed by atoms with Crippen molar-refractivity contribution in [3.05, 3.63) is 95.1 Å². The van der Waals surface area contributed by atoms with Gasteiger partial charge in [0.05, 0.1) is 6.04 Å². The van der Waals surface area contributed by atoms with Crippen molar-refractivity contribution in [2.45, 2.75) is 26.8 Å². The van der Waals surface area contributed by atoms with Crippen LogP contribution < -0.4 is 10.1 Å². The van der Waals surface area contributed by atoms with Gasteiger partial charge in [0, 0.05) is 0 Å². The van der Waals surface area contributed by atoms with Gasteiger partial charge in [-0.1, -0.05) is 48.5 Å². The van der Waals surface area contributed by atoms with Crippen LogP contribution in [-0.2, 0) is 9.53 Å². The lowest BCUT2D eigenvalue weighted by Gasteiger charge is -2.16. The van der Waals surface area contributed by atoms with E-state index >= 15 is 0 Å². The summed E-state index contributed by atoms with van der Waals surface area (Å²) in [4.78, 5) is 24.8. The summed E-state index contributed by atoms with van der Waals surface area (Å²) in [6.07, 6.45) is 0. The first-order valence-corrected chi connectivity index (χ1v) is 9.79. The van der Waals surface area contributed by atoms with Gasteiger partial charge >= 0.3 is 5.97 Å². The monoisotopic (exact) mass is 403 g/mol. The number of benzene rings is 3. The lowest BCUT2D eigenvalue weighted by molar-refractivity contribution is -0.124. The van der Waals surface area contributed by atoms with Crippen LogP contribution in [0.4, 0.5) is 0 Å². The molecule has 30 heavy (non-hydrogen) atoms. The Kier molecular flexibility index (Phi) is 6.86. The van der Waals surface area contributed by atoms with Gasteiger partial charge in [0.15, 0.2) is 6.61 Å². The van der Waals surface area contributed by atoms with Gasteiger partial charge in [0.2, 0.25) is 0 Å². The van der Waals surface area contributed by atoms with E-state index in [1.807, 2.05) is 57.2 Å². The van der Waals surface area contributed by atoms with E-state index in [1.54, 1.807) is 36.4 Å². The van der Waals surface area contributed by atoms with Crippen LogP contribution >= 0.6 is 0 Å². The Hall–Kier alpha value is -3.60. The Bertz CT molecular complexity index is 1030. The predicted octanol–water partition coefficient (Wildman–Crippen LogP) is 5.13. The highest BCUT2D eigenvalue weighted by atomic mass is 16.5. The largest absolute Gasteiger partial charge is 0.456 e. The quantitative estimate of drug-likeness (QED) is 0.556. The first-order valence-electron chi connectivity index (χ1n) is 9.79. The number of rotatable bonds is 7. The maximum absolute atomic E-state index is 12.5. The molecule has 5 nitrogen and oxygen atoms in total. The third-order valence-corrected chi connectivity index (χ3v) is 4.82. The van der Waals surface area contributed by atoms with Gasteiger partial charge in [-0.25, -0.2) is 4.79 Å². The van der Waals surface area contributed by atoms with Gasteiger partial charge < -0.3 is 14.8 Å². The summed E-state index contributed by atoms with van der Waals surface area (Å²) in [6, 6.07) is 21.8. The van der Waals surface area contributed by atoms with E-state index in [0.717, 1.165) is 11.1 Å². The zero-order chi connectivity index (χ0) is 21.5. The second-order valence-corrected chi connectivity index (χ2v) is 7.12. The number of carbonyl (C=O) groups excluding carboxylic acids is 2. The van der Waals surface area contributed by atoms with Gasteiger partial charge in [-0.15, -0.1) is 0 Å². The first-order chi connectivity index (χ1) is 14.4. The van der Waals surface area contributed by atoms with Gasteiger partial charge in [-0.05, 0) is 61.7 Å². The maximum Gasteiger partial charge on any atom is 0.342 e. The molecule has 0 saturated heterocycles. The van der Waals surface area contributed by atoms with Crippen LogP contribution in [0, 0.1) is 13.8 Å². The molecule has 1 amide bonds. The van der Waals surface area contributed by atoms with Crippen molar-refractivity contribution in [2.75, 3.05) is 6.61 Å². The van der Waals surface area contributed by atoms with Crippen LogP contribution in [-0.4, -0.2) is 18.5 Å². The van der Waals surface area contributed by atoms with E-state index in [9.17, 15) is 9.59 Å². The van der Waals surface area contributed by atoms with Crippen LogP contribution in [0.2, 0.25) is 0 Å². The molecule has 0 aromatic heterocycles. The highest BCUT2D eigenvalue weighted by Gasteiger charge is 2.17. The second kappa shape index (κ2) is 9.74. The molecular formula is C25H25NO4. The molecule has 154 valence electrons. The number of ether oxygens (including phenoxy) is 2. The van der Waals surface area contributed by atoms with Crippen molar-refractivity contribution < 1.29 is 19.1 Å². The molecule has 0 radical (unpaired) electrons. The molecule has 0 fully saturated rings. The number of amides is 1. The van der Waals surface area contributed by atoms with E-state index in [-0.39, 0.29) is 24.1 Å². The normalized spacial score (nSPS) is 11.4. The molecule has 3 aromatic carbocycles. The topological polar surface area (TPSA) is 64.6 Å². The minimum absolute atomic E-state index is 0.191. The minimum Gasteiger partial charge on any atom is -0.456 e. The highest BCUT2D eigenvalue weighted by molar-refractivity contribution is 5.94. The van der Waals surface area contributed by atoms with Crippen LogP contribution in [0.25, 0.3) is 0 Å². The standard InChI is InChI=1S/C25H25NO4/c1-17-13-14-20(15-18(17)2)19(3)26-24(27)16-29-25(28)22-11-7-8-12-23(22)30-21-9-5-4-6-10-21/h4-15,19H,16H2,1-3H3,(H,26,27)/t19-/m1/s1. The van der Waals surface area contributed by atoms with Crippen molar-refractivity contribution in [3.8, 4) is 11.5 Å². The third-order valence-electron chi connectivity index (χ3n) is 4.82. The van der Waals surface area contributed by atoms with Gasteiger partial charge in [-0.2, -0.15) is 0 Å². The molecule has 3 aromatic rings. The summed E-state index contributed by atoms with van der Waals surface area (Å²) >= 11 is 0. The summed E-state index contributed by atoms with van der Waals surface area (Å²) in [7, 11) is 0. The Morgan fingerprint density at radius 1 is 0.900 bits per heavy atom. The fraction of sp³-hybridized carbons (Fsp3) is 0.200. The maximum atomic E-state index is 12.5. The number of aryl methyl sites for hydroxylation is 2. The third kappa shape index (κ3) is 5.47. The zero-order valence-corrected chi connectivity index (χ0v) is 17.3. The SMILES string of the molecule is Cc1ccc([C@@H](C)NC(=O)COC(=O)c2ccccc2Oc2ccccc2)cc1C. The lowest BCUT2D eigenvalue weighted by Crippen LogP contribution is -2.31. The Labute approximate surface area is 176 Å². The van der Waals surface area contributed by atoms with Crippen LogP contribution in [0.15, 0.2) is 72.8 Å². The Morgan fingerprint density at radius 2 is 1.60 bits per heavy atom. The summed E-state index contributed by atoms with van der Waals surface area (Å²) in [5.41, 5.74) is 3.62. The fourth-order valence-corrected chi connectivity index (χ4v) is 2.95. The predicted molar refractivity (Wildman–Crippen MR) is 116 cm³/mol. The molecule has 1 atom stereocenters. The van der Waals surface area contributed by atoms with Crippen LogP contribution in [0.3, 0.4) is 0 Å². The van der Waals surface area contributed by atoms with Crippen molar-refractivity contribution in [1.29, 1.82) is 0 Å². The zero-order valence-electron chi connectivity index (χ0n) is 17.3. The van der Waals surface area contributed by atoms with Gasteiger partial charge in [0.25, 0.3) is 5.91 Å². The average molecular weight is 403 g/mol. The van der Waals surface area contributed by atoms with E-state index in [0.29, 0.717) is 11.5 Å². The van der Waals surface area contributed by atoms with E-state index in [2.05, 4.69) is 5.32 Å². The number of para-hydroxylation sites is 2. The molecule has 0 bridgehead atoms. The lowest BCUT2D eigenvalue weighted by atomic mass is 10.0. The highest BCUT2D eigenvalue weighted by Crippen LogP contribution is 2.25. The number of hydrogen-bond donors (Lipinski definition) is 1. The summed E-state index contributed by atoms with van der Waals surface area (Å²) < 4.78 is 11.0. The average Bonchev–Trinajstić information content (AvgIpc) is 2.75. The van der Waals surface area contributed by atoms with Crippen LogP contribution in [0.1, 0.15) is 40.0 Å². The van der Waals surface area contributed by atoms with Crippen molar-refractivity contribution >= 4 is 11.9 Å². The number of nitrogens with one attached hydrogen (secondary N) is 1.